The summed E-state index contributed by atoms with van der Waals surface area (Å²) in [5, 5.41) is 1.17. The van der Waals surface area contributed by atoms with Gasteiger partial charge in [0.1, 0.15) is 11.5 Å². The highest BCUT2D eigenvalue weighted by Crippen LogP contribution is 2.23. The molecule has 2 aromatic heterocycles. The number of aryl methyl sites for hydroxylation is 1. The molecule has 0 aliphatic carbocycles. The van der Waals surface area contributed by atoms with E-state index in [1.165, 1.54) is 10.9 Å². The molecule has 3 heterocycles. The Kier molecular flexibility index (Phi) is 4.61. The number of piperidine rings is 1. The number of rotatable bonds is 3. The normalized spacial score (nSPS) is 17.4. The molecule has 26 heavy (non-hydrogen) atoms. The Hall–Kier alpha value is -2.82. The Morgan fingerprint density at radius 1 is 1.19 bits per heavy atom. The third kappa shape index (κ3) is 3.57. The first kappa shape index (κ1) is 16.6. The fourth-order valence-corrected chi connectivity index (χ4v) is 3.74. The first-order valence-corrected chi connectivity index (χ1v) is 9.11. The second-order valence-electron chi connectivity index (χ2n) is 6.98. The molecule has 3 aromatic rings. The number of likely N-dealkylation sites (tertiary alicyclic amines) is 1. The summed E-state index contributed by atoms with van der Waals surface area (Å²) in [6.07, 6.45) is 6.65. The molecular formula is C21H22N4O. The lowest BCUT2D eigenvalue weighted by molar-refractivity contribution is 0.0667. The van der Waals surface area contributed by atoms with Gasteiger partial charge in [-0.3, -0.25) is 9.78 Å². The topological polar surface area (TPSA) is 59.0 Å². The third-order valence-electron chi connectivity index (χ3n) is 4.99. The van der Waals surface area contributed by atoms with Crippen LogP contribution in [0, 0.1) is 12.8 Å². The monoisotopic (exact) mass is 346 g/mol. The van der Waals surface area contributed by atoms with Crippen LogP contribution in [0.2, 0.25) is 0 Å². The van der Waals surface area contributed by atoms with Gasteiger partial charge in [-0.1, -0.05) is 12.1 Å². The van der Waals surface area contributed by atoms with Crippen molar-refractivity contribution in [2.24, 2.45) is 5.92 Å². The van der Waals surface area contributed by atoms with E-state index in [1.807, 2.05) is 24.1 Å². The largest absolute Gasteiger partial charge is 0.337 e. The Morgan fingerprint density at radius 3 is 3.00 bits per heavy atom. The van der Waals surface area contributed by atoms with Crippen molar-refractivity contribution < 1.29 is 4.79 Å². The van der Waals surface area contributed by atoms with Gasteiger partial charge >= 0.3 is 0 Å². The van der Waals surface area contributed by atoms with Crippen molar-refractivity contribution >= 4 is 16.8 Å². The number of amides is 1. The molecule has 0 unspecified atom stereocenters. The van der Waals surface area contributed by atoms with E-state index in [0.717, 1.165) is 37.9 Å². The van der Waals surface area contributed by atoms with Crippen LogP contribution in [0.1, 0.15) is 34.7 Å². The molecule has 1 fully saturated rings. The molecule has 5 heteroatoms. The number of pyridine rings is 1. The average Bonchev–Trinajstić information content (AvgIpc) is 2.67. The summed E-state index contributed by atoms with van der Waals surface area (Å²) < 4.78 is 0. The van der Waals surface area contributed by atoms with Crippen LogP contribution in [0.25, 0.3) is 10.9 Å². The number of aromatic nitrogens is 3. The zero-order valence-electron chi connectivity index (χ0n) is 14.9. The van der Waals surface area contributed by atoms with E-state index in [4.69, 9.17) is 0 Å². The van der Waals surface area contributed by atoms with Crippen molar-refractivity contribution in [3.8, 4) is 0 Å². The van der Waals surface area contributed by atoms with Gasteiger partial charge in [0.15, 0.2) is 0 Å². The van der Waals surface area contributed by atoms with Gasteiger partial charge in [0.05, 0.1) is 5.52 Å². The average molecular weight is 346 g/mol. The number of carbonyl (C=O) groups excluding carboxylic acids is 1. The van der Waals surface area contributed by atoms with Crippen LogP contribution in [-0.2, 0) is 6.42 Å². The predicted octanol–water partition coefficient (Wildman–Crippen LogP) is 3.43. The van der Waals surface area contributed by atoms with Crippen molar-refractivity contribution in [2.45, 2.75) is 26.2 Å². The summed E-state index contributed by atoms with van der Waals surface area (Å²) in [7, 11) is 0. The fourth-order valence-electron chi connectivity index (χ4n) is 3.74. The summed E-state index contributed by atoms with van der Waals surface area (Å²) in [4.78, 5) is 27.4. The molecule has 1 aliphatic rings. The van der Waals surface area contributed by atoms with Crippen LogP contribution in [0.5, 0.6) is 0 Å². The maximum atomic E-state index is 12.8. The van der Waals surface area contributed by atoms with E-state index in [9.17, 15) is 4.79 Å². The van der Waals surface area contributed by atoms with Crippen molar-refractivity contribution in [3.05, 3.63) is 65.9 Å². The maximum Gasteiger partial charge on any atom is 0.272 e. The molecule has 1 aromatic carbocycles. The predicted molar refractivity (Wildman–Crippen MR) is 101 cm³/mol. The molecule has 0 N–H and O–H groups in total. The van der Waals surface area contributed by atoms with E-state index in [0.29, 0.717) is 17.4 Å². The van der Waals surface area contributed by atoms with E-state index < -0.39 is 0 Å². The van der Waals surface area contributed by atoms with E-state index in [-0.39, 0.29) is 5.91 Å². The number of nitrogens with zero attached hydrogens (tertiary/aromatic N) is 4. The van der Waals surface area contributed by atoms with E-state index in [2.05, 4.69) is 39.2 Å². The minimum Gasteiger partial charge on any atom is -0.337 e. The zero-order valence-corrected chi connectivity index (χ0v) is 14.9. The van der Waals surface area contributed by atoms with Gasteiger partial charge in [-0.2, -0.15) is 0 Å². The SMILES string of the molecule is Cc1nccc(C(=O)N2CCC[C@@H](Cc3ccc4ncccc4c3)C2)n1. The molecule has 0 saturated carbocycles. The smallest absolute Gasteiger partial charge is 0.272 e. The van der Waals surface area contributed by atoms with Crippen LogP contribution in [0.15, 0.2) is 48.8 Å². The van der Waals surface area contributed by atoms with Gasteiger partial charge in [0, 0.05) is 30.9 Å². The highest BCUT2D eigenvalue weighted by atomic mass is 16.2. The summed E-state index contributed by atoms with van der Waals surface area (Å²) in [5.74, 6) is 1.13. The number of hydrogen-bond donors (Lipinski definition) is 0. The van der Waals surface area contributed by atoms with Crippen molar-refractivity contribution in [3.63, 3.8) is 0 Å². The van der Waals surface area contributed by atoms with Crippen molar-refractivity contribution in [1.29, 1.82) is 0 Å². The standard InChI is InChI=1S/C21H22N4O/c1-15-22-10-8-20(24-15)21(26)25-11-3-4-17(14-25)12-16-6-7-19-18(13-16)5-2-9-23-19/h2,5-10,13,17H,3-4,11-12,14H2,1H3/t17-/m0/s1. The minimum atomic E-state index is 0.0166. The minimum absolute atomic E-state index is 0.0166. The van der Waals surface area contributed by atoms with E-state index in [1.54, 1.807) is 12.3 Å². The quantitative estimate of drug-likeness (QED) is 0.729. The van der Waals surface area contributed by atoms with Crippen molar-refractivity contribution in [2.75, 3.05) is 13.1 Å². The van der Waals surface area contributed by atoms with Crippen LogP contribution < -0.4 is 0 Å². The maximum absolute atomic E-state index is 12.8. The van der Waals surface area contributed by atoms with Gasteiger partial charge in [0.2, 0.25) is 0 Å². The molecule has 1 atom stereocenters. The first-order valence-electron chi connectivity index (χ1n) is 9.11. The van der Waals surface area contributed by atoms with Gasteiger partial charge in [0.25, 0.3) is 5.91 Å². The van der Waals surface area contributed by atoms with Gasteiger partial charge < -0.3 is 4.90 Å². The molecule has 1 aliphatic heterocycles. The molecule has 4 rings (SSSR count). The van der Waals surface area contributed by atoms with Crippen LogP contribution >= 0.6 is 0 Å². The van der Waals surface area contributed by atoms with Crippen molar-refractivity contribution in [1.82, 2.24) is 19.9 Å². The summed E-state index contributed by atoms with van der Waals surface area (Å²) in [5.41, 5.74) is 2.83. The Morgan fingerprint density at radius 2 is 2.12 bits per heavy atom. The molecule has 0 spiro atoms. The molecule has 0 radical (unpaired) electrons. The lowest BCUT2D eigenvalue weighted by Crippen LogP contribution is -2.40. The van der Waals surface area contributed by atoms with Crippen LogP contribution in [0.3, 0.4) is 0 Å². The van der Waals surface area contributed by atoms with Crippen LogP contribution in [0.4, 0.5) is 0 Å². The second-order valence-corrected chi connectivity index (χ2v) is 6.98. The fraction of sp³-hybridized carbons (Fsp3) is 0.333. The number of hydrogen-bond acceptors (Lipinski definition) is 4. The Balaban J connectivity index is 1.46. The van der Waals surface area contributed by atoms with Gasteiger partial charge in [-0.15, -0.1) is 0 Å². The molecule has 1 amide bonds. The molecule has 5 nitrogen and oxygen atoms in total. The Labute approximate surface area is 153 Å². The summed E-state index contributed by atoms with van der Waals surface area (Å²) in [6, 6.07) is 12.2. The molecule has 132 valence electrons. The highest BCUT2D eigenvalue weighted by molar-refractivity contribution is 5.92. The molecule has 0 bridgehead atoms. The van der Waals surface area contributed by atoms with Gasteiger partial charge in [-0.25, -0.2) is 9.97 Å². The second kappa shape index (κ2) is 7.20. The number of fused-ring (bicyclic) bond motifs is 1. The lowest BCUT2D eigenvalue weighted by Gasteiger charge is -2.32. The molecular weight excluding hydrogens is 324 g/mol. The molecule has 1 saturated heterocycles. The van der Waals surface area contributed by atoms with Crippen LogP contribution in [-0.4, -0.2) is 38.8 Å². The lowest BCUT2D eigenvalue weighted by atomic mass is 9.90. The zero-order chi connectivity index (χ0) is 17.9. The van der Waals surface area contributed by atoms with Gasteiger partial charge in [-0.05, 0) is 61.9 Å². The summed E-state index contributed by atoms with van der Waals surface area (Å²) in [6.45, 7) is 3.40. The summed E-state index contributed by atoms with van der Waals surface area (Å²) >= 11 is 0. The third-order valence-corrected chi connectivity index (χ3v) is 4.99. The number of carbonyl (C=O) groups is 1. The van der Waals surface area contributed by atoms with E-state index >= 15 is 0 Å². The number of benzene rings is 1. The first-order chi connectivity index (χ1) is 12.7. The Bertz CT molecular complexity index is 940. The highest BCUT2D eigenvalue weighted by Gasteiger charge is 2.25.